The van der Waals surface area contributed by atoms with Crippen molar-refractivity contribution >= 4 is 39.1 Å². The molecule has 1 aliphatic heterocycles. The molecule has 1 aliphatic rings. The summed E-state index contributed by atoms with van der Waals surface area (Å²) in [7, 11) is -3.81. The van der Waals surface area contributed by atoms with Crippen molar-refractivity contribution in [2.45, 2.75) is 30.7 Å². The molecule has 0 aliphatic carbocycles. The Morgan fingerprint density at radius 2 is 2.14 bits per heavy atom. The summed E-state index contributed by atoms with van der Waals surface area (Å²) < 4.78 is 29.2. The number of nitrogens with zero attached hydrogens (tertiary/aromatic N) is 3. The maximum Gasteiger partial charge on any atom is 0.244 e. The van der Waals surface area contributed by atoms with Crippen molar-refractivity contribution < 1.29 is 13.2 Å². The van der Waals surface area contributed by atoms with E-state index < -0.39 is 10.0 Å². The molecule has 0 saturated carbocycles. The van der Waals surface area contributed by atoms with Crippen LogP contribution in [0.15, 0.2) is 41.8 Å². The van der Waals surface area contributed by atoms with E-state index >= 15 is 0 Å². The smallest absolute Gasteiger partial charge is 0.244 e. The highest BCUT2D eigenvalue weighted by Crippen LogP contribution is 2.30. The second-order valence-electron chi connectivity index (χ2n) is 6.72. The summed E-state index contributed by atoms with van der Waals surface area (Å²) in [5, 5.41) is 3.32. The van der Waals surface area contributed by atoms with Crippen LogP contribution in [0.5, 0.6) is 0 Å². The molecule has 2 aromatic rings. The Bertz CT molecular complexity index is 919. The van der Waals surface area contributed by atoms with Crippen LogP contribution in [-0.2, 0) is 21.4 Å². The first-order valence-electron chi connectivity index (χ1n) is 9.06. The molecule has 0 radical (unpaired) electrons. The van der Waals surface area contributed by atoms with Gasteiger partial charge >= 0.3 is 0 Å². The summed E-state index contributed by atoms with van der Waals surface area (Å²) >= 11 is 12.0. The maximum absolute atomic E-state index is 13.0. The third-order valence-corrected chi connectivity index (χ3v) is 7.30. The molecule has 1 atom stereocenters. The number of rotatable bonds is 7. The number of carbonyl (C=O) groups is 1. The lowest BCUT2D eigenvalue weighted by atomic mass is 9.99. The standard InChI is InChI=1S/C18H22Cl2N4O3S/c19-15-4-5-16(20)17(11-15)28(26,27)24-9-1-3-14(12-24)18(25)22-6-2-8-23-10-7-21-13-23/h4-5,7,10-11,13-14H,1-3,6,8-9,12H2,(H,22,25)/t14-/m0/s1. The minimum Gasteiger partial charge on any atom is -0.356 e. The summed E-state index contributed by atoms with van der Waals surface area (Å²) in [4.78, 5) is 16.4. The normalized spacial score (nSPS) is 18.1. The number of imidazole rings is 1. The van der Waals surface area contributed by atoms with Crippen LogP contribution in [0.3, 0.4) is 0 Å². The van der Waals surface area contributed by atoms with Gasteiger partial charge in [-0.2, -0.15) is 4.31 Å². The second kappa shape index (κ2) is 9.26. The quantitative estimate of drug-likeness (QED) is 0.665. The monoisotopic (exact) mass is 444 g/mol. The molecule has 0 bridgehead atoms. The molecule has 1 amide bonds. The van der Waals surface area contributed by atoms with Crippen molar-refractivity contribution in [2.75, 3.05) is 19.6 Å². The highest BCUT2D eigenvalue weighted by molar-refractivity contribution is 7.89. The Balaban J connectivity index is 1.58. The van der Waals surface area contributed by atoms with Gasteiger partial charge < -0.3 is 9.88 Å². The van der Waals surface area contributed by atoms with Crippen LogP contribution in [0.2, 0.25) is 10.0 Å². The molecule has 1 fully saturated rings. The molecule has 0 spiro atoms. The van der Waals surface area contributed by atoms with Crippen LogP contribution < -0.4 is 5.32 Å². The summed E-state index contributed by atoms with van der Waals surface area (Å²) in [6.07, 6.45) is 7.35. The number of nitrogens with one attached hydrogen (secondary N) is 1. The summed E-state index contributed by atoms with van der Waals surface area (Å²) in [6.45, 7) is 1.78. The molecule has 2 heterocycles. The van der Waals surface area contributed by atoms with Gasteiger partial charge in [-0.3, -0.25) is 4.79 Å². The Labute approximate surface area is 174 Å². The first-order valence-corrected chi connectivity index (χ1v) is 11.3. The Kier molecular flexibility index (Phi) is 6.98. The molecule has 1 aromatic heterocycles. The Hall–Kier alpha value is -1.61. The van der Waals surface area contributed by atoms with Crippen LogP contribution in [0, 0.1) is 5.92 Å². The van der Waals surface area contributed by atoms with E-state index in [1.54, 1.807) is 18.6 Å². The van der Waals surface area contributed by atoms with Gasteiger partial charge in [0.05, 0.1) is 17.3 Å². The van der Waals surface area contributed by atoms with Crippen molar-refractivity contribution in [1.82, 2.24) is 19.2 Å². The number of piperidine rings is 1. The number of hydrogen-bond acceptors (Lipinski definition) is 4. The number of amides is 1. The van der Waals surface area contributed by atoms with Crippen LogP contribution in [0.1, 0.15) is 19.3 Å². The lowest BCUT2D eigenvalue weighted by Crippen LogP contribution is -2.45. The van der Waals surface area contributed by atoms with Gasteiger partial charge in [0.2, 0.25) is 15.9 Å². The fraction of sp³-hybridized carbons (Fsp3) is 0.444. The Morgan fingerprint density at radius 3 is 2.89 bits per heavy atom. The highest BCUT2D eigenvalue weighted by Gasteiger charge is 2.34. The van der Waals surface area contributed by atoms with Crippen LogP contribution in [0.4, 0.5) is 0 Å². The minimum absolute atomic E-state index is 0.0249. The fourth-order valence-corrected chi connectivity index (χ4v) is 5.49. The van der Waals surface area contributed by atoms with E-state index in [4.69, 9.17) is 23.2 Å². The summed E-state index contributed by atoms with van der Waals surface area (Å²) in [6, 6.07) is 4.35. The first-order chi connectivity index (χ1) is 13.4. The fourth-order valence-electron chi connectivity index (χ4n) is 3.23. The number of hydrogen-bond donors (Lipinski definition) is 1. The van der Waals surface area contributed by atoms with Gasteiger partial charge in [0.25, 0.3) is 0 Å². The van der Waals surface area contributed by atoms with Crippen molar-refractivity contribution in [3.8, 4) is 0 Å². The summed E-state index contributed by atoms with van der Waals surface area (Å²) in [5.74, 6) is -0.502. The minimum atomic E-state index is -3.81. The zero-order valence-electron chi connectivity index (χ0n) is 15.2. The first kappa shape index (κ1) is 21.1. The van der Waals surface area contributed by atoms with Gasteiger partial charge in [-0.1, -0.05) is 23.2 Å². The second-order valence-corrected chi connectivity index (χ2v) is 9.47. The van der Waals surface area contributed by atoms with Gasteiger partial charge in [-0.05, 0) is 37.5 Å². The molecular formula is C18H22Cl2N4O3S. The predicted molar refractivity (Wildman–Crippen MR) is 108 cm³/mol. The molecule has 28 heavy (non-hydrogen) atoms. The number of aryl methyl sites for hydroxylation is 1. The van der Waals surface area contributed by atoms with Gasteiger partial charge in [0, 0.05) is 43.6 Å². The van der Waals surface area contributed by atoms with E-state index in [1.165, 1.54) is 16.4 Å². The predicted octanol–water partition coefficient (Wildman–Crippen LogP) is 2.80. The number of benzene rings is 1. The number of halogens is 2. The number of sulfonamides is 1. The maximum atomic E-state index is 13.0. The van der Waals surface area contributed by atoms with Crippen molar-refractivity contribution in [2.24, 2.45) is 5.92 Å². The summed E-state index contributed by atoms with van der Waals surface area (Å²) in [5.41, 5.74) is 0. The molecule has 1 saturated heterocycles. The lowest BCUT2D eigenvalue weighted by molar-refractivity contribution is -0.126. The topological polar surface area (TPSA) is 84.3 Å². The van der Waals surface area contributed by atoms with E-state index in [2.05, 4.69) is 10.3 Å². The molecule has 3 rings (SSSR count). The number of carbonyl (C=O) groups excluding carboxylic acids is 1. The van der Waals surface area contributed by atoms with Crippen LogP contribution in [-0.4, -0.2) is 47.8 Å². The molecule has 152 valence electrons. The van der Waals surface area contributed by atoms with Crippen molar-refractivity contribution in [3.05, 3.63) is 47.0 Å². The van der Waals surface area contributed by atoms with Crippen LogP contribution in [0.25, 0.3) is 0 Å². The van der Waals surface area contributed by atoms with Gasteiger partial charge in [0.1, 0.15) is 4.90 Å². The number of aromatic nitrogens is 2. The van der Waals surface area contributed by atoms with Gasteiger partial charge in [-0.25, -0.2) is 13.4 Å². The lowest BCUT2D eigenvalue weighted by Gasteiger charge is -2.31. The van der Waals surface area contributed by atoms with Crippen molar-refractivity contribution in [3.63, 3.8) is 0 Å². The zero-order valence-corrected chi connectivity index (χ0v) is 17.6. The Morgan fingerprint density at radius 1 is 1.32 bits per heavy atom. The van der Waals surface area contributed by atoms with Gasteiger partial charge in [-0.15, -0.1) is 0 Å². The van der Waals surface area contributed by atoms with Gasteiger partial charge in [0.15, 0.2) is 0 Å². The van der Waals surface area contributed by atoms with E-state index in [9.17, 15) is 13.2 Å². The molecular weight excluding hydrogens is 423 g/mol. The zero-order chi connectivity index (χ0) is 20.1. The average molecular weight is 445 g/mol. The van der Waals surface area contributed by atoms with Crippen molar-refractivity contribution in [1.29, 1.82) is 0 Å². The average Bonchev–Trinajstić information content (AvgIpc) is 3.20. The SMILES string of the molecule is O=C(NCCCn1ccnc1)[C@H]1CCCN(S(=O)(=O)c2cc(Cl)ccc2Cl)C1. The largest absolute Gasteiger partial charge is 0.356 e. The third-order valence-electron chi connectivity index (χ3n) is 4.72. The molecule has 1 aromatic carbocycles. The molecule has 10 heteroatoms. The van der Waals surface area contributed by atoms with E-state index in [0.717, 1.165) is 13.0 Å². The molecule has 7 nitrogen and oxygen atoms in total. The molecule has 1 N–H and O–H groups in total. The van der Waals surface area contributed by atoms with E-state index in [0.29, 0.717) is 31.0 Å². The molecule has 0 unspecified atom stereocenters. The van der Waals surface area contributed by atoms with E-state index in [-0.39, 0.29) is 28.3 Å². The highest BCUT2D eigenvalue weighted by atomic mass is 35.5. The van der Waals surface area contributed by atoms with Crippen LogP contribution >= 0.6 is 23.2 Å². The third kappa shape index (κ3) is 5.05. The van der Waals surface area contributed by atoms with E-state index in [1.807, 2.05) is 10.8 Å².